The highest BCUT2D eigenvalue weighted by Crippen LogP contribution is 2.28. The third-order valence-electron chi connectivity index (χ3n) is 2.69. The van der Waals surface area contributed by atoms with Crippen LogP contribution in [0.3, 0.4) is 0 Å². The molecule has 1 rings (SSSR count). The van der Waals surface area contributed by atoms with Crippen LogP contribution in [0.25, 0.3) is 0 Å². The summed E-state index contributed by atoms with van der Waals surface area (Å²) in [5, 5.41) is 0.630. The summed E-state index contributed by atoms with van der Waals surface area (Å²) >= 11 is 11.9. The van der Waals surface area contributed by atoms with Crippen molar-refractivity contribution in [3.05, 3.63) is 28.2 Å². The Kier molecular flexibility index (Phi) is 7.36. The zero-order valence-electron chi connectivity index (χ0n) is 14.6. The Labute approximate surface area is 152 Å². The molecule has 1 amide bonds. The van der Waals surface area contributed by atoms with Crippen molar-refractivity contribution in [1.82, 2.24) is 0 Å². The van der Waals surface area contributed by atoms with Crippen LogP contribution < -0.4 is 4.90 Å². The average Bonchev–Trinajstić information content (AvgIpc) is 2.43. The van der Waals surface area contributed by atoms with E-state index in [0.29, 0.717) is 10.7 Å². The van der Waals surface area contributed by atoms with E-state index in [1.165, 1.54) is 11.0 Å². The number of rotatable bonds is 5. The molecule has 0 aliphatic carbocycles. The number of carbonyl (C=O) groups is 2. The third kappa shape index (κ3) is 6.97. The van der Waals surface area contributed by atoms with Crippen molar-refractivity contribution in [1.29, 1.82) is 0 Å². The fourth-order valence-electron chi connectivity index (χ4n) is 1.67. The maximum absolute atomic E-state index is 12.4. The third-order valence-corrected chi connectivity index (χ3v) is 3.43. The molecular weight excluding hydrogens is 353 g/mol. The Morgan fingerprint density at radius 2 is 1.79 bits per heavy atom. The van der Waals surface area contributed by atoms with Gasteiger partial charge in [0.1, 0.15) is 12.1 Å². The van der Waals surface area contributed by atoms with Crippen molar-refractivity contribution in [2.75, 3.05) is 18.1 Å². The smallest absolute Gasteiger partial charge is 0.415 e. The molecule has 0 radical (unpaired) electrons. The summed E-state index contributed by atoms with van der Waals surface area (Å²) in [6, 6.07) is 4.65. The molecule has 0 atom stereocenters. The molecule has 1 aromatic rings. The van der Waals surface area contributed by atoms with Gasteiger partial charge in [0.15, 0.2) is 0 Å². The molecule has 0 aliphatic heterocycles. The molecule has 0 aromatic heterocycles. The molecule has 0 bridgehead atoms. The average molecular weight is 376 g/mol. The van der Waals surface area contributed by atoms with Gasteiger partial charge in [-0.25, -0.2) is 4.79 Å². The minimum absolute atomic E-state index is 0.203. The van der Waals surface area contributed by atoms with Gasteiger partial charge in [0.05, 0.1) is 16.7 Å². The molecule has 134 valence electrons. The number of halogens is 2. The maximum Gasteiger partial charge on any atom is 0.415 e. The van der Waals surface area contributed by atoms with Gasteiger partial charge < -0.3 is 9.47 Å². The Bertz CT molecular complexity index is 597. The van der Waals surface area contributed by atoms with Crippen LogP contribution in [0.1, 0.15) is 34.6 Å². The number of hydrogen-bond donors (Lipinski definition) is 0. The number of nitrogens with zero attached hydrogens (tertiary/aromatic N) is 1. The number of esters is 1. The molecule has 24 heavy (non-hydrogen) atoms. The molecule has 0 saturated heterocycles. The summed E-state index contributed by atoms with van der Waals surface area (Å²) < 4.78 is 10.5. The van der Waals surface area contributed by atoms with Crippen molar-refractivity contribution in [2.45, 2.75) is 40.2 Å². The Morgan fingerprint density at radius 3 is 2.29 bits per heavy atom. The quantitative estimate of drug-likeness (QED) is 0.684. The van der Waals surface area contributed by atoms with Crippen molar-refractivity contribution < 1.29 is 19.1 Å². The van der Waals surface area contributed by atoms with E-state index >= 15 is 0 Å². The van der Waals surface area contributed by atoms with Gasteiger partial charge in [-0.15, -0.1) is 0 Å². The lowest BCUT2D eigenvalue weighted by Crippen LogP contribution is -2.40. The lowest BCUT2D eigenvalue weighted by molar-refractivity contribution is -0.143. The maximum atomic E-state index is 12.4. The lowest BCUT2D eigenvalue weighted by atomic mass is 10.2. The topological polar surface area (TPSA) is 55.8 Å². The highest BCUT2D eigenvalue weighted by atomic mass is 35.5. The molecule has 0 saturated carbocycles. The van der Waals surface area contributed by atoms with Gasteiger partial charge >= 0.3 is 12.1 Å². The standard InChI is InChI=1S/C17H23Cl2NO4/c1-11(2)10-23-15(21)9-20(16(22)24-17(3,4)5)12-6-7-13(18)14(19)8-12/h6-8,11H,9-10H2,1-5H3. The fourth-order valence-corrected chi connectivity index (χ4v) is 1.96. The second-order valence-electron chi connectivity index (χ2n) is 6.74. The first kappa shape index (κ1) is 20.6. The van der Waals surface area contributed by atoms with Gasteiger partial charge in [0, 0.05) is 5.69 Å². The molecule has 0 unspecified atom stereocenters. The highest BCUT2D eigenvalue weighted by Gasteiger charge is 2.26. The monoisotopic (exact) mass is 375 g/mol. The van der Waals surface area contributed by atoms with Crippen LogP contribution in [0, 0.1) is 5.92 Å². The highest BCUT2D eigenvalue weighted by molar-refractivity contribution is 6.42. The van der Waals surface area contributed by atoms with Crippen LogP contribution in [-0.4, -0.2) is 30.8 Å². The first-order valence-corrected chi connectivity index (χ1v) is 8.36. The minimum Gasteiger partial charge on any atom is -0.464 e. The number of hydrogen-bond acceptors (Lipinski definition) is 4. The zero-order chi connectivity index (χ0) is 18.5. The first-order chi connectivity index (χ1) is 11.0. The van der Waals surface area contributed by atoms with Crippen molar-refractivity contribution in [2.24, 2.45) is 5.92 Å². The predicted molar refractivity (Wildman–Crippen MR) is 95.8 cm³/mol. The second kappa shape index (κ2) is 8.58. The summed E-state index contributed by atoms with van der Waals surface area (Å²) in [5.74, 6) is -0.325. The molecule has 7 heteroatoms. The van der Waals surface area contributed by atoms with Crippen molar-refractivity contribution in [3.8, 4) is 0 Å². The van der Waals surface area contributed by atoms with E-state index in [1.807, 2.05) is 13.8 Å². The Morgan fingerprint density at radius 1 is 1.17 bits per heavy atom. The number of carbonyl (C=O) groups excluding carboxylic acids is 2. The summed E-state index contributed by atoms with van der Waals surface area (Å²) in [7, 11) is 0. The zero-order valence-corrected chi connectivity index (χ0v) is 16.1. The van der Waals surface area contributed by atoms with Crippen LogP contribution in [0.15, 0.2) is 18.2 Å². The summed E-state index contributed by atoms with van der Waals surface area (Å²) in [6.45, 7) is 9.09. The van der Waals surface area contributed by atoms with E-state index in [4.69, 9.17) is 32.7 Å². The van der Waals surface area contributed by atoms with Crippen LogP contribution in [0.4, 0.5) is 10.5 Å². The SMILES string of the molecule is CC(C)COC(=O)CN(C(=O)OC(C)(C)C)c1ccc(Cl)c(Cl)c1. The van der Waals surface area contributed by atoms with E-state index in [-0.39, 0.29) is 24.1 Å². The minimum atomic E-state index is -0.701. The molecule has 0 N–H and O–H groups in total. The molecule has 0 spiro atoms. The van der Waals surface area contributed by atoms with E-state index in [1.54, 1.807) is 32.9 Å². The van der Waals surface area contributed by atoms with E-state index in [0.717, 1.165) is 0 Å². The molecule has 1 aromatic carbocycles. The molecule has 0 fully saturated rings. The van der Waals surface area contributed by atoms with Crippen LogP contribution >= 0.6 is 23.2 Å². The summed E-state index contributed by atoms with van der Waals surface area (Å²) in [5.41, 5.74) is -0.298. The number of amides is 1. The first-order valence-electron chi connectivity index (χ1n) is 7.61. The van der Waals surface area contributed by atoms with Gasteiger partial charge in [0.2, 0.25) is 0 Å². The number of benzene rings is 1. The predicted octanol–water partition coefficient (Wildman–Crippen LogP) is 4.93. The molecule has 5 nitrogen and oxygen atoms in total. The van der Waals surface area contributed by atoms with Crippen LogP contribution in [-0.2, 0) is 14.3 Å². The van der Waals surface area contributed by atoms with E-state index in [2.05, 4.69) is 0 Å². The lowest BCUT2D eigenvalue weighted by Gasteiger charge is -2.27. The summed E-state index contributed by atoms with van der Waals surface area (Å²) in [6.07, 6.45) is -0.664. The van der Waals surface area contributed by atoms with Gasteiger partial charge in [0.25, 0.3) is 0 Å². The van der Waals surface area contributed by atoms with Crippen molar-refractivity contribution in [3.63, 3.8) is 0 Å². The van der Waals surface area contributed by atoms with E-state index < -0.39 is 17.7 Å². The largest absolute Gasteiger partial charge is 0.464 e. The second-order valence-corrected chi connectivity index (χ2v) is 7.56. The van der Waals surface area contributed by atoms with Gasteiger partial charge in [-0.3, -0.25) is 9.69 Å². The van der Waals surface area contributed by atoms with Crippen LogP contribution in [0.5, 0.6) is 0 Å². The van der Waals surface area contributed by atoms with Crippen LogP contribution in [0.2, 0.25) is 10.0 Å². The number of anilines is 1. The summed E-state index contributed by atoms with van der Waals surface area (Å²) in [4.78, 5) is 25.6. The molecule has 0 heterocycles. The molecule has 0 aliphatic rings. The molecular formula is C17H23Cl2NO4. The van der Waals surface area contributed by atoms with Crippen molar-refractivity contribution >= 4 is 41.0 Å². The van der Waals surface area contributed by atoms with Gasteiger partial charge in [-0.1, -0.05) is 37.0 Å². The van der Waals surface area contributed by atoms with E-state index in [9.17, 15) is 9.59 Å². The fraction of sp³-hybridized carbons (Fsp3) is 0.529. The normalized spacial score (nSPS) is 11.3. The Balaban J connectivity index is 3.00. The van der Waals surface area contributed by atoms with Gasteiger partial charge in [-0.05, 0) is 44.9 Å². The number of ether oxygens (including phenoxy) is 2. The van der Waals surface area contributed by atoms with Gasteiger partial charge in [-0.2, -0.15) is 0 Å². The Hall–Kier alpha value is -1.46.